The number of carbonyl (C=O) groups excluding carboxylic acids is 4. The molecule has 4 N–H and O–H groups in total. The number of aliphatic hydroxyl groups is 3. The molecule has 15 nitrogen and oxygen atoms in total. The molecule has 4 aliphatic carbocycles. The van der Waals surface area contributed by atoms with E-state index in [9.17, 15) is 44.6 Å². The van der Waals surface area contributed by atoms with Crippen molar-refractivity contribution >= 4 is 23.8 Å². The Morgan fingerprint density at radius 2 is 1.78 bits per heavy atom. The molecule has 3 fully saturated rings. The van der Waals surface area contributed by atoms with Crippen LogP contribution in [0.4, 0.5) is 14.0 Å². The molecule has 250 valence electrons. The number of carbonyl (C=O) groups is 4. The summed E-state index contributed by atoms with van der Waals surface area (Å²) >= 11 is 0. The number of unbranched alkanes of at least 4 members (excludes halogenated alkanes) is 1. The largest absolute Gasteiger partial charge is 0.508 e. The Balaban J connectivity index is 1.29. The van der Waals surface area contributed by atoms with Gasteiger partial charge in [-0.3, -0.25) is 9.59 Å². The van der Waals surface area contributed by atoms with E-state index < -0.39 is 75.9 Å². The van der Waals surface area contributed by atoms with E-state index in [1.165, 1.54) is 25.2 Å². The highest BCUT2D eigenvalue weighted by molar-refractivity contribution is 6.01. The fraction of sp³-hybridized carbons (Fsp3) is 0.724. The van der Waals surface area contributed by atoms with Crippen molar-refractivity contribution in [3.05, 3.63) is 33.9 Å². The van der Waals surface area contributed by atoms with Gasteiger partial charge in [0.25, 0.3) is 5.09 Å². The number of fused-ring (bicyclic) bond motifs is 5. The first-order valence-electron chi connectivity index (χ1n) is 14.8. The van der Waals surface area contributed by atoms with Crippen molar-refractivity contribution in [3.8, 4) is 0 Å². The smallest absolute Gasteiger partial charge is 0.441 e. The number of halogens is 1. The topological polar surface area (TPSA) is 221 Å². The lowest BCUT2D eigenvalue weighted by atomic mass is 9.44. The number of rotatable bonds is 12. The molecule has 0 bridgehead atoms. The molecule has 3 saturated carbocycles. The second-order valence-electron chi connectivity index (χ2n) is 12.4. The lowest BCUT2D eigenvalue weighted by Crippen LogP contribution is -2.69. The van der Waals surface area contributed by atoms with Crippen molar-refractivity contribution < 1.29 is 63.0 Å². The molecular weight excluding hydrogens is 603 g/mol. The van der Waals surface area contributed by atoms with Crippen LogP contribution in [0.5, 0.6) is 0 Å². The molecule has 4 aliphatic rings. The predicted molar refractivity (Wildman–Crippen MR) is 149 cm³/mol. The van der Waals surface area contributed by atoms with E-state index >= 15 is 4.39 Å². The van der Waals surface area contributed by atoms with Gasteiger partial charge in [-0.15, -0.1) is 10.1 Å². The van der Waals surface area contributed by atoms with Crippen molar-refractivity contribution in [3.63, 3.8) is 0 Å². The number of alkyl halides is 1. The summed E-state index contributed by atoms with van der Waals surface area (Å²) < 4.78 is 31.7. The molecule has 0 unspecified atom stereocenters. The number of hydrogen-bond acceptors (Lipinski definition) is 13. The van der Waals surface area contributed by atoms with Gasteiger partial charge in [0.05, 0.1) is 32.0 Å². The molecule has 0 saturated heterocycles. The van der Waals surface area contributed by atoms with Gasteiger partial charge in [-0.2, -0.15) is 0 Å². The molecule has 45 heavy (non-hydrogen) atoms. The maximum absolute atomic E-state index is 17.2. The Bertz CT molecular complexity index is 1270. The average Bonchev–Trinajstić information content (AvgIpc) is 3.18. The summed E-state index contributed by atoms with van der Waals surface area (Å²) in [6.45, 7) is 1.50. The van der Waals surface area contributed by atoms with Gasteiger partial charge in [0.15, 0.2) is 23.7 Å². The molecule has 0 heterocycles. The molecule has 0 aromatic heterocycles. The second-order valence-corrected chi connectivity index (χ2v) is 12.4. The molecule has 0 aromatic carbocycles. The van der Waals surface area contributed by atoms with Crippen LogP contribution in [0.3, 0.4) is 0 Å². The zero-order valence-electron chi connectivity index (χ0n) is 25.1. The number of ether oxygens (including phenoxy) is 3. The van der Waals surface area contributed by atoms with Crippen LogP contribution in [0, 0.1) is 32.8 Å². The van der Waals surface area contributed by atoms with Gasteiger partial charge in [0.2, 0.25) is 5.78 Å². The van der Waals surface area contributed by atoms with E-state index in [0.717, 1.165) is 0 Å². The molecule has 0 aromatic rings. The van der Waals surface area contributed by atoms with Gasteiger partial charge in [-0.1, -0.05) is 18.6 Å². The normalized spacial score (nSPS) is 36.5. The number of hydrogen-bond donors (Lipinski definition) is 4. The summed E-state index contributed by atoms with van der Waals surface area (Å²) in [7, 11) is 0. The lowest BCUT2D eigenvalue weighted by Gasteiger charge is -2.62. The molecule has 4 rings (SSSR count). The first-order chi connectivity index (χ1) is 21.1. The van der Waals surface area contributed by atoms with Gasteiger partial charge >= 0.3 is 12.2 Å². The quantitative estimate of drug-likeness (QED) is 0.103. The third-order valence-corrected chi connectivity index (χ3v) is 10.2. The maximum atomic E-state index is 17.2. The van der Waals surface area contributed by atoms with Crippen LogP contribution in [-0.2, 0) is 28.6 Å². The zero-order valence-corrected chi connectivity index (χ0v) is 25.1. The fourth-order valence-electron chi connectivity index (χ4n) is 7.85. The highest BCUT2D eigenvalue weighted by Gasteiger charge is 2.76. The summed E-state index contributed by atoms with van der Waals surface area (Å²) in [5, 5.41) is 45.4. The maximum Gasteiger partial charge on any atom is 0.508 e. The number of alkyl carbamates (subject to hydrolysis) is 1. The van der Waals surface area contributed by atoms with E-state index in [1.807, 2.05) is 0 Å². The van der Waals surface area contributed by atoms with Crippen LogP contribution >= 0.6 is 0 Å². The number of nitrogens with one attached hydrogen (secondary N) is 1. The fourth-order valence-corrected chi connectivity index (χ4v) is 7.85. The Morgan fingerprint density at radius 1 is 1.09 bits per heavy atom. The van der Waals surface area contributed by atoms with Gasteiger partial charge in [0, 0.05) is 16.7 Å². The van der Waals surface area contributed by atoms with Crippen molar-refractivity contribution in [2.24, 2.45) is 22.7 Å². The van der Waals surface area contributed by atoms with Crippen LogP contribution in [-0.4, -0.2) is 101 Å². The Kier molecular flexibility index (Phi) is 9.90. The predicted octanol–water partition coefficient (Wildman–Crippen LogP) is 1.50. The standard InChI is InChI=1S/C29H39FN2O13/c1-26-8-7-18(33)13-17(26)5-6-19-20-14-21(34)29(39,27(20,2)15-22(35)28(19,26)30)23(36)16-44-24(37)31-9-12-43-25(38)42-10-3-4-11-45-32(40)41/h7-8,13,19-22,34-35,39H,3-6,9-12,14-16H2,1-2H3,(H,31,37)/t19-,20-,21+,22-,26-,27-,28-,29-/m0/s1. The highest BCUT2D eigenvalue weighted by Crippen LogP contribution is 2.69. The lowest BCUT2D eigenvalue weighted by molar-refractivity contribution is -0.757. The molecule has 16 heteroatoms. The third-order valence-electron chi connectivity index (χ3n) is 10.2. The summed E-state index contributed by atoms with van der Waals surface area (Å²) in [5.74, 6) is -2.83. The molecule has 0 aliphatic heterocycles. The summed E-state index contributed by atoms with van der Waals surface area (Å²) in [6.07, 6.45) is -0.503. The average molecular weight is 643 g/mol. The number of amides is 1. The Labute approximate surface area is 257 Å². The molecular formula is C29H39FN2O13. The van der Waals surface area contributed by atoms with E-state index in [1.54, 1.807) is 6.92 Å². The molecule has 0 radical (unpaired) electrons. The minimum absolute atomic E-state index is 0.0639. The van der Waals surface area contributed by atoms with E-state index in [0.29, 0.717) is 18.4 Å². The number of Topliss-reactive ketones (excluding diaryl/α,β-unsaturated/α-hetero) is 1. The Hall–Kier alpha value is -3.63. The van der Waals surface area contributed by atoms with Crippen molar-refractivity contribution in [1.82, 2.24) is 5.32 Å². The second kappa shape index (κ2) is 13.0. The van der Waals surface area contributed by atoms with Crippen molar-refractivity contribution in [1.29, 1.82) is 0 Å². The van der Waals surface area contributed by atoms with Crippen molar-refractivity contribution in [2.75, 3.05) is 33.0 Å². The highest BCUT2D eigenvalue weighted by atomic mass is 19.1. The van der Waals surface area contributed by atoms with E-state index in [-0.39, 0.29) is 57.8 Å². The summed E-state index contributed by atoms with van der Waals surface area (Å²) in [6, 6.07) is 0. The molecule has 0 spiro atoms. The third kappa shape index (κ3) is 6.02. The van der Waals surface area contributed by atoms with Crippen LogP contribution in [0.25, 0.3) is 0 Å². The number of ketones is 2. The van der Waals surface area contributed by atoms with E-state index in [4.69, 9.17) is 14.2 Å². The first-order valence-corrected chi connectivity index (χ1v) is 14.8. The monoisotopic (exact) mass is 642 g/mol. The van der Waals surface area contributed by atoms with Gasteiger partial charge in [-0.05, 0) is 63.5 Å². The van der Waals surface area contributed by atoms with Crippen LogP contribution < -0.4 is 5.32 Å². The SMILES string of the molecule is C[C@]12C=CC(=O)C=C1CC[C@H]1[C@@H]3C[C@@H](O)[C@](O)(C(=O)COC(=O)NCCOC(=O)OCCCCO[N+](=O)[O-])[C@@]3(C)C[C@H](O)[C@@]12F. The number of nitrogens with zero attached hydrogens (tertiary/aromatic N) is 1. The molecule has 8 atom stereocenters. The van der Waals surface area contributed by atoms with Gasteiger partial charge < -0.3 is 39.7 Å². The first kappa shape index (κ1) is 34.2. The summed E-state index contributed by atoms with van der Waals surface area (Å²) in [4.78, 5) is 63.2. The van der Waals surface area contributed by atoms with Crippen LogP contribution in [0.2, 0.25) is 0 Å². The zero-order chi connectivity index (χ0) is 33.2. The van der Waals surface area contributed by atoms with Crippen molar-refractivity contribution in [2.45, 2.75) is 75.9 Å². The Morgan fingerprint density at radius 3 is 2.49 bits per heavy atom. The minimum Gasteiger partial charge on any atom is -0.441 e. The minimum atomic E-state index is -2.45. The van der Waals surface area contributed by atoms with Gasteiger partial charge in [-0.25, -0.2) is 14.0 Å². The number of aliphatic hydroxyl groups excluding tert-OH is 2. The van der Waals surface area contributed by atoms with E-state index in [2.05, 4.69) is 10.2 Å². The van der Waals surface area contributed by atoms with Gasteiger partial charge in [0.1, 0.15) is 6.61 Å². The molecule has 1 amide bonds. The summed E-state index contributed by atoms with van der Waals surface area (Å²) in [5.41, 5.74) is -6.83. The van der Waals surface area contributed by atoms with Crippen LogP contribution in [0.1, 0.15) is 52.4 Å². The van der Waals surface area contributed by atoms with Crippen LogP contribution in [0.15, 0.2) is 23.8 Å². The number of allylic oxidation sites excluding steroid dienone is 4.